The molecular formula is C15H14N2O2S2. The molecule has 1 aromatic carbocycles. The molecule has 1 aliphatic heterocycles. The number of thiocarbonyl (C=S) groups is 1. The Morgan fingerprint density at radius 3 is 2.76 bits per heavy atom. The van der Waals surface area contributed by atoms with Gasteiger partial charge in [0.25, 0.3) is 0 Å². The second-order valence-electron chi connectivity index (χ2n) is 4.69. The standard InChI is InChI=1S/C15H14N2O2S2/c20-15(21)17(9-12-2-1-5-16-7-12)8-11-3-4-13-14(6-11)19-10-18-13/h1-7H,8-10H2,(H,20,21). The number of pyridine rings is 1. The molecule has 3 rings (SSSR count). The van der Waals surface area contributed by atoms with Crippen LogP contribution in [0.2, 0.25) is 0 Å². The smallest absolute Gasteiger partial charge is 0.231 e. The topological polar surface area (TPSA) is 34.6 Å². The normalized spacial score (nSPS) is 12.2. The Balaban J connectivity index is 1.75. The highest BCUT2D eigenvalue weighted by atomic mass is 32.1. The summed E-state index contributed by atoms with van der Waals surface area (Å²) in [6, 6.07) is 9.84. The monoisotopic (exact) mass is 318 g/mol. The van der Waals surface area contributed by atoms with E-state index in [1.807, 2.05) is 41.4 Å². The van der Waals surface area contributed by atoms with Crippen molar-refractivity contribution < 1.29 is 9.47 Å². The number of rotatable bonds is 4. The van der Waals surface area contributed by atoms with Crippen molar-refractivity contribution in [3.8, 4) is 11.5 Å². The molecule has 0 amide bonds. The first-order valence-electron chi connectivity index (χ1n) is 6.47. The first kappa shape index (κ1) is 14.2. The number of nitrogens with zero attached hydrogens (tertiary/aromatic N) is 2. The minimum atomic E-state index is 0.281. The molecule has 0 fully saturated rings. The van der Waals surface area contributed by atoms with E-state index in [-0.39, 0.29) is 6.79 Å². The van der Waals surface area contributed by atoms with Gasteiger partial charge in [-0.1, -0.05) is 24.4 Å². The van der Waals surface area contributed by atoms with Gasteiger partial charge < -0.3 is 14.4 Å². The number of hydrogen-bond donors (Lipinski definition) is 1. The van der Waals surface area contributed by atoms with E-state index >= 15 is 0 Å². The molecule has 2 aromatic rings. The molecule has 0 aliphatic carbocycles. The second kappa shape index (κ2) is 6.32. The Morgan fingerprint density at radius 2 is 2.00 bits per heavy atom. The predicted molar refractivity (Wildman–Crippen MR) is 87.6 cm³/mol. The molecule has 0 unspecified atom stereocenters. The third kappa shape index (κ3) is 3.46. The molecule has 0 spiro atoms. The fourth-order valence-electron chi connectivity index (χ4n) is 2.16. The van der Waals surface area contributed by atoms with Crippen LogP contribution in [0, 0.1) is 0 Å². The Hall–Kier alpha value is -1.79. The van der Waals surface area contributed by atoms with Crippen molar-refractivity contribution in [2.24, 2.45) is 0 Å². The van der Waals surface area contributed by atoms with Gasteiger partial charge in [0, 0.05) is 25.5 Å². The van der Waals surface area contributed by atoms with Gasteiger partial charge in [0.2, 0.25) is 6.79 Å². The Labute approximate surface area is 134 Å². The summed E-state index contributed by atoms with van der Waals surface area (Å²) in [6.45, 7) is 1.61. The van der Waals surface area contributed by atoms with Gasteiger partial charge in [-0.3, -0.25) is 4.98 Å². The van der Waals surface area contributed by atoms with E-state index in [1.165, 1.54) is 0 Å². The number of fused-ring (bicyclic) bond motifs is 1. The van der Waals surface area contributed by atoms with Gasteiger partial charge in [0.15, 0.2) is 11.5 Å². The fraction of sp³-hybridized carbons (Fsp3) is 0.200. The summed E-state index contributed by atoms with van der Waals surface area (Å²) < 4.78 is 11.3. The van der Waals surface area contributed by atoms with E-state index in [0.717, 1.165) is 22.6 Å². The summed E-state index contributed by atoms with van der Waals surface area (Å²) in [5.74, 6) is 1.56. The number of benzene rings is 1. The molecule has 0 bridgehead atoms. The molecule has 0 radical (unpaired) electrons. The van der Waals surface area contributed by atoms with Gasteiger partial charge in [-0.15, -0.1) is 12.6 Å². The maximum atomic E-state index is 5.40. The van der Waals surface area contributed by atoms with Gasteiger partial charge in [0.1, 0.15) is 4.32 Å². The predicted octanol–water partition coefficient (Wildman–Crippen LogP) is 3.03. The van der Waals surface area contributed by atoms with Gasteiger partial charge in [-0.25, -0.2) is 0 Å². The van der Waals surface area contributed by atoms with Crippen molar-refractivity contribution in [2.75, 3.05) is 6.79 Å². The van der Waals surface area contributed by atoms with Crippen LogP contribution in [0.25, 0.3) is 0 Å². The molecule has 0 saturated carbocycles. The largest absolute Gasteiger partial charge is 0.454 e. The maximum absolute atomic E-state index is 5.40. The zero-order valence-corrected chi connectivity index (χ0v) is 12.9. The Bertz CT molecular complexity index is 649. The van der Waals surface area contributed by atoms with Crippen molar-refractivity contribution in [3.63, 3.8) is 0 Å². The zero-order chi connectivity index (χ0) is 14.7. The minimum Gasteiger partial charge on any atom is -0.454 e. The van der Waals surface area contributed by atoms with E-state index in [0.29, 0.717) is 17.4 Å². The highest BCUT2D eigenvalue weighted by Gasteiger charge is 2.15. The van der Waals surface area contributed by atoms with E-state index in [4.69, 9.17) is 21.7 Å². The van der Waals surface area contributed by atoms with Crippen LogP contribution in [0.3, 0.4) is 0 Å². The molecule has 0 atom stereocenters. The molecule has 6 heteroatoms. The number of thiol groups is 1. The molecule has 0 saturated heterocycles. The van der Waals surface area contributed by atoms with Crippen LogP contribution in [-0.2, 0) is 13.1 Å². The van der Waals surface area contributed by atoms with Crippen molar-refractivity contribution in [1.82, 2.24) is 9.88 Å². The van der Waals surface area contributed by atoms with Crippen LogP contribution in [0.4, 0.5) is 0 Å². The summed E-state index contributed by atoms with van der Waals surface area (Å²) in [4.78, 5) is 6.13. The van der Waals surface area contributed by atoms with Crippen molar-refractivity contribution in [2.45, 2.75) is 13.1 Å². The van der Waals surface area contributed by atoms with Crippen LogP contribution >= 0.6 is 24.8 Å². The fourth-order valence-corrected chi connectivity index (χ4v) is 2.43. The third-order valence-corrected chi connectivity index (χ3v) is 3.72. The highest BCUT2D eigenvalue weighted by molar-refractivity contribution is 8.10. The van der Waals surface area contributed by atoms with Crippen LogP contribution in [0.15, 0.2) is 42.7 Å². The van der Waals surface area contributed by atoms with Crippen molar-refractivity contribution in [1.29, 1.82) is 0 Å². The Kier molecular flexibility index (Phi) is 4.26. The van der Waals surface area contributed by atoms with Gasteiger partial charge in [0.05, 0.1) is 0 Å². The quantitative estimate of drug-likeness (QED) is 0.692. The summed E-state index contributed by atoms with van der Waals surface area (Å²) >= 11 is 9.54. The van der Waals surface area contributed by atoms with E-state index in [1.54, 1.807) is 6.20 Å². The average molecular weight is 318 g/mol. The first-order chi connectivity index (χ1) is 10.2. The molecule has 1 aromatic heterocycles. The lowest BCUT2D eigenvalue weighted by molar-refractivity contribution is 0.174. The lowest BCUT2D eigenvalue weighted by Crippen LogP contribution is -2.25. The number of ether oxygens (including phenoxy) is 2. The van der Waals surface area contributed by atoms with Crippen LogP contribution in [0.1, 0.15) is 11.1 Å². The summed E-state index contributed by atoms with van der Waals surface area (Å²) in [7, 11) is 0. The Morgan fingerprint density at radius 1 is 1.19 bits per heavy atom. The second-order valence-corrected chi connectivity index (χ2v) is 5.80. The van der Waals surface area contributed by atoms with Crippen molar-refractivity contribution in [3.05, 3.63) is 53.9 Å². The van der Waals surface area contributed by atoms with E-state index in [9.17, 15) is 0 Å². The van der Waals surface area contributed by atoms with E-state index in [2.05, 4.69) is 17.6 Å². The number of hydrogen-bond acceptors (Lipinski definition) is 4. The highest BCUT2D eigenvalue weighted by Crippen LogP contribution is 2.33. The lowest BCUT2D eigenvalue weighted by atomic mass is 10.2. The van der Waals surface area contributed by atoms with Crippen LogP contribution in [0.5, 0.6) is 11.5 Å². The minimum absolute atomic E-state index is 0.281. The zero-order valence-electron chi connectivity index (χ0n) is 11.2. The summed E-state index contributed by atoms with van der Waals surface area (Å²) in [6.07, 6.45) is 3.59. The summed E-state index contributed by atoms with van der Waals surface area (Å²) in [5, 5.41) is 0. The average Bonchev–Trinajstić information content (AvgIpc) is 2.95. The number of aromatic nitrogens is 1. The molecule has 0 N–H and O–H groups in total. The van der Waals surface area contributed by atoms with Crippen LogP contribution < -0.4 is 9.47 Å². The molecule has 21 heavy (non-hydrogen) atoms. The SMILES string of the molecule is S=C(S)N(Cc1cccnc1)Cc1ccc2c(c1)OCO2. The molecule has 4 nitrogen and oxygen atoms in total. The molecule has 2 heterocycles. The first-order valence-corrected chi connectivity index (χ1v) is 7.33. The molecule has 1 aliphatic rings. The maximum Gasteiger partial charge on any atom is 0.231 e. The summed E-state index contributed by atoms with van der Waals surface area (Å²) in [5.41, 5.74) is 2.19. The molecule has 108 valence electrons. The van der Waals surface area contributed by atoms with Gasteiger partial charge >= 0.3 is 0 Å². The molecular weight excluding hydrogens is 304 g/mol. The van der Waals surface area contributed by atoms with E-state index < -0.39 is 0 Å². The van der Waals surface area contributed by atoms with Gasteiger partial charge in [-0.05, 0) is 29.3 Å². The lowest BCUT2D eigenvalue weighted by Gasteiger charge is -2.22. The van der Waals surface area contributed by atoms with Gasteiger partial charge in [-0.2, -0.15) is 0 Å². The van der Waals surface area contributed by atoms with Crippen molar-refractivity contribution >= 4 is 29.2 Å². The van der Waals surface area contributed by atoms with Crippen LogP contribution in [-0.4, -0.2) is 21.0 Å². The third-order valence-electron chi connectivity index (χ3n) is 3.18.